The number of fused-ring (bicyclic) bond motifs is 2. The van der Waals surface area contributed by atoms with Gasteiger partial charge in [0, 0.05) is 6.04 Å². The summed E-state index contributed by atoms with van der Waals surface area (Å²) in [6.45, 7) is 3.18. The molecule has 5 heteroatoms. The molecule has 2 bridgehead atoms. The predicted octanol–water partition coefficient (Wildman–Crippen LogP) is 1.11. The van der Waals surface area contributed by atoms with Gasteiger partial charge in [0.1, 0.15) is 0 Å². The molecule has 0 aromatic carbocycles. The lowest BCUT2D eigenvalue weighted by atomic mass is 9.84. The van der Waals surface area contributed by atoms with E-state index in [9.17, 15) is 8.42 Å². The number of hydrogen-bond acceptors (Lipinski definition) is 3. The zero-order valence-corrected chi connectivity index (χ0v) is 11.4. The largest absolute Gasteiger partial charge is 0.395 e. The summed E-state index contributed by atoms with van der Waals surface area (Å²) in [5.41, 5.74) is 0. The molecule has 2 aliphatic carbocycles. The van der Waals surface area contributed by atoms with Crippen molar-refractivity contribution in [2.24, 2.45) is 17.8 Å². The Balaban J connectivity index is 1.95. The van der Waals surface area contributed by atoms with Gasteiger partial charge >= 0.3 is 0 Å². The van der Waals surface area contributed by atoms with Crippen LogP contribution in [0.4, 0.5) is 0 Å². The van der Waals surface area contributed by atoms with E-state index in [-0.39, 0.29) is 12.6 Å². The molecule has 0 aromatic heterocycles. The van der Waals surface area contributed by atoms with Crippen molar-refractivity contribution in [2.75, 3.05) is 6.61 Å². The number of aliphatic hydroxyl groups excluding tert-OH is 1. The van der Waals surface area contributed by atoms with Gasteiger partial charge in [0.15, 0.2) is 0 Å². The monoisotopic (exact) mass is 261 g/mol. The summed E-state index contributed by atoms with van der Waals surface area (Å²) in [6, 6.07) is 0.00398. The van der Waals surface area contributed by atoms with Crippen molar-refractivity contribution in [2.45, 2.75) is 50.8 Å². The lowest BCUT2D eigenvalue weighted by Gasteiger charge is -2.29. The van der Waals surface area contributed by atoms with Crippen molar-refractivity contribution in [1.29, 1.82) is 0 Å². The van der Waals surface area contributed by atoms with Crippen LogP contribution in [0.2, 0.25) is 0 Å². The van der Waals surface area contributed by atoms with Crippen LogP contribution in [0, 0.1) is 17.8 Å². The molecule has 0 aliphatic heterocycles. The van der Waals surface area contributed by atoms with Crippen molar-refractivity contribution in [3.8, 4) is 0 Å². The minimum absolute atomic E-state index is 0.00398. The summed E-state index contributed by atoms with van der Waals surface area (Å²) < 4.78 is 26.5. The molecule has 5 atom stereocenters. The van der Waals surface area contributed by atoms with Crippen molar-refractivity contribution < 1.29 is 13.5 Å². The fraction of sp³-hybridized carbons (Fsp3) is 1.00. The first-order valence-electron chi connectivity index (χ1n) is 6.56. The van der Waals surface area contributed by atoms with Crippen LogP contribution in [0.1, 0.15) is 39.5 Å². The van der Waals surface area contributed by atoms with Gasteiger partial charge in [0.05, 0.1) is 11.9 Å². The van der Waals surface area contributed by atoms with Crippen LogP contribution in [0.5, 0.6) is 0 Å². The van der Waals surface area contributed by atoms with Crippen LogP contribution in [0.25, 0.3) is 0 Å². The second-order valence-corrected chi connectivity index (χ2v) is 7.91. The topological polar surface area (TPSA) is 66.4 Å². The molecule has 5 unspecified atom stereocenters. The second-order valence-electron chi connectivity index (χ2n) is 5.78. The van der Waals surface area contributed by atoms with Gasteiger partial charge in [-0.3, -0.25) is 0 Å². The SMILES string of the molecule is CC(NS(=O)(=O)C(C)CO)C1CC2CCC1C2. The molecular formula is C12H23NO3S. The van der Waals surface area contributed by atoms with E-state index < -0.39 is 15.3 Å². The van der Waals surface area contributed by atoms with Crippen LogP contribution < -0.4 is 4.72 Å². The zero-order valence-electron chi connectivity index (χ0n) is 10.6. The Bertz CT molecular complexity index is 368. The Hall–Kier alpha value is -0.130. The number of hydrogen-bond donors (Lipinski definition) is 2. The van der Waals surface area contributed by atoms with Crippen LogP contribution in [0.3, 0.4) is 0 Å². The third kappa shape index (κ3) is 2.66. The fourth-order valence-corrected chi connectivity index (χ4v) is 4.59. The van der Waals surface area contributed by atoms with E-state index in [2.05, 4.69) is 4.72 Å². The minimum atomic E-state index is -3.36. The molecule has 0 radical (unpaired) electrons. The number of sulfonamides is 1. The molecule has 4 nitrogen and oxygen atoms in total. The maximum Gasteiger partial charge on any atom is 0.216 e. The van der Waals surface area contributed by atoms with Crippen molar-refractivity contribution in [3.63, 3.8) is 0 Å². The fourth-order valence-electron chi connectivity index (χ4n) is 3.47. The molecule has 100 valence electrons. The molecule has 0 amide bonds. The van der Waals surface area contributed by atoms with E-state index in [4.69, 9.17) is 5.11 Å². The lowest BCUT2D eigenvalue weighted by molar-refractivity contribution is 0.274. The molecule has 2 rings (SSSR count). The van der Waals surface area contributed by atoms with E-state index in [1.807, 2.05) is 6.92 Å². The summed E-state index contributed by atoms with van der Waals surface area (Å²) in [6.07, 6.45) is 5.04. The number of nitrogens with one attached hydrogen (secondary N) is 1. The predicted molar refractivity (Wildman–Crippen MR) is 67.0 cm³/mol. The quantitative estimate of drug-likeness (QED) is 0.779. The molecule has 0 spiro atoms. The first-order valence-corrected chi connectivity index (χ1v) is 8.10. The van der Waals surface area contributed by atoms with Crippen molar-refractivity contribution >= 4 is 10.0 Å². The Morgan fingerprint density at radius 3 is 2.47 bits per heavy atom. The molecule has 2 N–H and O–H groups in total. The van der Waals surface area contributed by atoms with Crippen LogP contribution in [-0.4, -0.2) is 31.4 Å². The van der Waals surface area contributed by atoms with Crippen LogP contribution in [-0.2, 0) is 10.0 Å². The highest BCUT2D eigenvalue weighted by atomic mass is 32.2. The summed E-state index contributed by atoms with van der Waals surface area (Å²) in [4.78, 5) is 0. The molecule has 17 heavy (non-hydrogen) atoms. The van der Waals surface area contributed by atoms with E-state index >= 15 is 0 Å². The molecule has 2 aliphatic rings. The zero-order chi connectivity index (χ0) is 12.6. The molecular weight excluding hydrogens is 238 g/mol. The van der Waals surface area contributed by atoms with E-state index in [1.54, 1.807) is 0 Å². The average molecular weight is 261 g/mol. The third-order valence-electron chi connectivity index (χ3n) is 4.57. The van der Waals surface area contributed by atoms with Gasteiger partial charge in [-0.1, -0.05) is 6.42 Å². The highest BCUT2D eigenvalue weighted by Gasteiger charge is 2.42. The van der Waals surface area contributed by atoms with Gasteiger partial charge in [0.25, 0.3) is 0 Å². The summed E-state index contributed by atoms with van der Waals surface area (Å²) in [7, 11) is -3.36. The van der Waals surface area contributed by atoms with E-state index in [0.717, 1.165) is 5.92 Å². The van der Waals surface area contributed by atoms with Gasteiger partial charge in [0.2, 0.25) is 10.0 Å². The Labute approximate surface area is 104 Å². The minimum Gasteiger partial charge on any atom is -0.395 e. The highest BCUT2D eigenvalue weighted by Crippen LogP contribution is 2.49. The van der Waals surface area contributed by atoms with Crippen molar-refractivity contribution in [1.82, 2.24) is 4.72 Å². The molecule has 2 fully saturated rings. The second kappa shape index (κ2) is 4.86. The number of aliphatic hydroxyl groups is 1. The van der Waals surface area contributed by atoms with Gasteiger partial charge < -0.3 is 5.11 Å². The third-order valence-corrected chi connectivity index (χ3v) is 6.48. The summed E-state index contributed by atoms with van der Waals surface area (Å²) >= 11 is 0. The maximum absolute atomic E-state index is 11.9. The standard InChI is InChI=1S/C12H23NO3S/c1-8(7-14)17(15,16)13-9(2)12-6-10-3-4-11(12)5-10/h8-14H,3-7H2,1-2H3. The Morgan fingerprint density at radius 1 is 1.29 bits per heavy atom. The van der Waals surface area contributed by atoms with Crippen LogP contribution in [0.15, 0.2) is 0 Å². The van der Waals surface area contributed by atoms with Crippen molar-refractivity contribution in [3.05, 3.63) is 0 Å². The summed E-state index contributed by atoms with van der Waals surface area (Å²) in [5.74, 6) is 2.03. The Morgan fingerprint density at radius 2 is 2.00 bits per heavy atom. The van der Waals surface area contributed by atoms with Gasteiger partial charge in [-0.05, 0) is 50.9 Å². The molecule has 0 saturated heterocycles. The first kappa shape index (κ1) is 13.3. The lowest BCUT2D eigenvalue weighted by Crippen LogP contribution is -2.44. The number of rotatable bonds is 5. The van der Waals surface area contributed by atoms with Gasteiger partial charge in [-0.15, -0.1) is 0 Å². The smallest absolute Gasteiger partial charge is 0.216 e. The molecule has 2 saturated carbocycles. The van der Waals surface area contributed by atoms with Gasteiger partial charge in [-0.2, -0.15) is 0 Å². The van der Waals surface area contributed by atoms with Crippen LogP contribution >= 0.6 is 0 Å². The highest BCUT2D eigenvalue weighted by molar-refractivity contribution is 7.90. The summed E-state index contributed by atoms with van der Waals surface area (Å²) in [5, 5.41) is 8.22. The Kier molecular flexibility index (Phi) is 3.80. The van der Waals surface area contributed by atoms with Gasteiger partial charge in [-0.25, -0.2) is 13.1 Å². The van der Waals surface area contributed by atoms with E-state index in [1.165, 1.54) is 32.6 Å². The average Bonchev–Trinajstić information content (AvgIpc) is 2.88. The van der Waals surface area contributed by atoms with E-state index in [0.29, 0.717) is 11.8 Å². The maximum atomic E-state index is 11.9. The first-order chi connectivity index (χ1) is 7.94. The molecule has 0 aromatic rings. The molecule has 0 heterocycles. The normalized spacial score (nSPS) is 36.1.